The quantitative estimate of drug-likeness (QED) is 0.553. The van der Waals surface area contributed by atoms with Gasteiger partial charge >= 0.3 is 5.69 Å². The summed E-state index contributed by atoms with van der Waals surface area (Å²) in [4.78, 5) is 40.5. The second kappa shape index (κ2) is 7.45. The minimum Gasteiger partial charge on any atom is -0.349 e. The number of anilines is 1. The largest absolute Gasteiger partial charge is 0.349 e. The monoisotopic (exact) mass is 372 g/mol. The molecule has 7 nitrogen and oxygen atoms in total. The van der Waals surface area contributed by atoms with Gasteiger partial charge in [-0.1, -0.05) is 23.7 Å². The Bertz CT molecular complexity index is 1010. The van der Waals surface area contributed by atoms with Crippen molar-refractivity contribution in [1.29, 1.82) is 0 Å². The standard InChI is InChI=1S/C18H17ClN4O3/c1-10(24)20-15(11-2-4-12(19)5-3-11)9-17(25)21-13-6-7-14-16(8-13)23-18(26)22-14/h2-8,15H,9H2,1H3,(H,20,24)(H,21,25)(H2,22,23,26). The molecule has 1 heterocycles. The van der Waals surface area contributed by atoms with Crippen molar-refractivity contribution in [2.24, 2.45) is 0 Å². The van der Waals surface area contributed by atoms with Crippen LogP contribution in [0.2, 0.25) is 5.02 Å². The Morgan fingerprint density at radius 2 is 1.77 bits per heavy atom. The minimum atomic E-state index is -0.472. The number of halogens is 1. The molecule has 0 saturated heterocycles. The van der Waals surface area contributed by atoms with Gasteiger partial charge in [-0.05, 0) is 35.9 Å². The normalized spacial score (nSPS) is 11.9. The molecule has 0 aliphatic heterocycles. The fraction of sp³-hybridized carbons (Fsp3) is 0.167. The maximum atomic E-state index is 12.4. The molecular formula is C18H17ClN4O3. The molecule has 0 bridgehead atoms. The summed E-state index contributed by atoms with van der Waals surface area (Å²) in [5.74, 6) is -0.500. The lowest BCUT2D eigenvalue weighted by Crippen LogP contribution is -2.29. The number of amides is 2. The molecule has 8 heteroatoms. The van der Waals surface area contributed by atoms with Crippen molar-refractivity contribution in [2.45, 2.75) is 19.4 Å². The number of hydrogen-bond donors (Lipinski definition) is 4. The lowest BCUT2D eigenvalue weighted by atomic mass is 10.0. The molecule has 3 rings (SSSR count). The number of benzene rings is 2. The molecule has 0 radical (unpaired) electrons. The summed E-state index contributed by atoms with van der Waals surface area (Å²) in [6.45, 7) is 1.40. The van der Waals surface area contributed by atoms with Crippen molar-refractivity contribution in [2.75, 3.05) is 5.32 Å². The van der Waals surface area contributed by atoms with Crippen LogP contribution in [0.5, 0.6) is 0 Å². The van der Waals surface area contributed by atoms with Gasteiger partial charge < -0.3 is 20.6 Å². The number of hydrogen-bond acceptors (Lipinski definition) is 3. The van der Waals surface area contributed by atoms with Crippen LogP contribution in [0.4, 0.5) is 5.69 Å². The lowest BCUT2D eigenvalue weighted by Gasteiger charge is -2.18. The first-order chi connectivity index (χ1) is 12.4. The van der Waals surface area contributed by atoms with Crippen molar-refractivity contribution < 1.29 is 9.59 Å². The number of nitrogens with one attached hydrogen (secondary N) is 4. The van der Waals surface area contributed by atoms with Crippen LogP contribution in [0.1, 0.15) is 24.9 Å². The van der Waals surface area contributed by atoms with E-state index in [0.717, 1.165) is 5.56 Å². The highest BCUT2D eigenvalue weighted by Gasteiger charge is 2.17. The van der Waals surface area contributed by atoms with Crippen LogP contribution in [0.25, 0.3) is 11.0 Å². The van der Waals surface area contributed by atoms with E-state index in [0.29, 0.717) is 21.7 Å². The van der Waals surface area contributed by atoms with Crippen LogP contribution in [0.3, 0.4) is 0 Å². The van der Waals surface area contributed by atoms with Gasteiger partial charge in [0.25, 0.3) is 0 Å². The zero-order valence-corrected chi connectivity index (χ0v) is 14.7. The third-order valence-corrected chi connectivity index (χ3v) is 4.09. The van der Waals surface area contributed by atoms with Gasteiger partial charge in [0, 0.05) is 17.6 Å². The molecule has 26 heavy (non-hydrogen) atoms. The van der Waals surface area contributed by atoms with Gasteiger partial charge in [-0.3, -0.25) is 9.59 Å². The number of aromatic amines is 2. The Morgan fingerprint density at radius 1 is 1.08 bits per heavy atom. The molecule has 2 aromatic carbocycles. The van der Waals surface area contributed by atoms with Crippen LogP contribution in [-0.2, 0) is 9.59 Å². The number of aromatic nitrogens is 2. The third kappa shape index (κ3) is 4.31. The molecule has 1 aromatic heterocycles. The van der Waals surface area contributed by atoms with E-state index >= 15 is 0 Å². The molecule has 2 amide bonds. The van der Waals surface area contributed by atoms with Crippen LogP contribution < -0.4 is 16.3 Å². The van der Waals surface area contributed by atoms with Crippen molar-refractivity contribution in [3.63, 3.8) is 0 Å². The summed E-state index contributed by atoms with van der Waals surface area (Å²) in [6.07, 6.45) is 0.0584. The highest BCUT2D eigenvalue weighted by molar-refractivity contribution is 6.30. The molecule has 1 atom stereocenters. The molecule has 0 spiro atoms. The average molecular weight is 373 g/mol. The van der Waals surface area contributed by atoms with Gasteiger partial charge in [-0.25, -0.2) is 4.79 Å². The average Bonchev–Trinajstić information content (AvgIpc) is 2.93. The van der Waals surface area contributed by atoms with Gasteiger partial charge in [0.05, 0.1) is 23.5 Å². The first-order valence-corrected chi connectivity index (χ1v) is 8.33. The van der Waals surface area contributed by atoms with Gasteiger partial charge in [0.15, 0.2) is 0 Å². The molecule has 0 saturated carbocycles. The third-order valence-electron chi connectivity index (χ3n) is 3.84. The van der Waals surface area contributed by atoms with E-state index in [-0.39, 0.29) is 23.9 Å². The van der Waals surface area contributed by atoms with Crippen molar-refractivity contribution >= 4 is 40.1 Å². The van der Waals surface area contributed by atoms with Gasteiger partial charge in [-0.15, -0.1) is 0 Å². The van der Waals surface area contributed by atoms with E-state index in [9.17, 15) is 14.4 Å². The maximum Gasteiger partial charge on any atom is 0.323 e. The molecule has 3 aromatic rings. The first kappa shape index (κ1) is 17.8. The minimum absolute atomic E-state index is 0.0584. The van der Waals surface area contributed by atoms with E-state index in [1.807, 2.05) is 0 Å². The molecule has 0 fully saturated rings. The summed E-state index contributed by atoms with van der Waals surface area (Å²) >= 11 is 5.89. The number of carbonyl (C=O) groups excluding carboxylic acids is 2. The highest BCUT2D eigenvalue weighted by Crippen LogP contribution is 2.21. The van der Waals surface area contributed by atoms with Crippen molar-refractivity contribution in [1.82, 2.24) is 15.3 Å². The van der Waals surface area contributed by atoms with Crippen molar-refractivity contribution in [3.8, 4) is 0 Å². The predicted octanol–water partition coefficient (Wildman–Crippen LogP) is 2.72. The lowest BCUT2D eigenvalue weighted by molar-refractivity contribution is -0.120. The van der Waals surface area contributed by atoms with Gasteiger partial charge in [-0.2, -0.15) is 0 Å². The molecular weight excluding hydrogens is 356 g/mol. The topological polar surface area (TPSA) is 107 Å². The van der Waals surface area contributed by atoms with Crippen LogP contribution >= 0.6 is 11.6 Å². The SMILES string of the molecule is CC(=O)NC(CC(=O)Nc1ccc2[nH]c(=O)[nH]c2c1)c1ccc(Cl)cc1. The van der Waals surface area contributed by atoms with Crippen LogP contribution in [-0.4, -0.2) is 21.8 Å². The second-order valence-electron chi connectivity index (χ2n) is 5.90. The number of rotatable bonds is 5. The summed E-state index contributed by atoms with van der Waals surface area (Å²) in [5, 5.41) is 6.12. The van der Waals surface area contributed by atoms with E-state index in [4.69, 9.17) is 11.6 Å². The summed E-state index contributed by atoms with van der Waals surface area (Å²) in [6, 6.07) is 11.5. The number of carbonyl (C=O) groups is 2. The zero-order chi connectivity index (χ0) is 18.7. The van der Waals surface area contributed by atoms with E-state index in [1.165, 1.54) is 6.92 Å². The molecule has 1 unspecified atom stereocenters. The highest BCUT2D eigenvalue weighted by atomic mass is 35.5. The maximum absolute atomic E-state index is 12.4. The van der Waals surface area contributed by atoms with E-state index in [1.54, 1.807) is 42.5 Å². The molecule has 0 aliphatic rings. The Balaban J connectivity index is 1.74. The molecule has 4 N–H and O–H groups in total. The van der Waals surface area contributed by atoms with E-state index in [2.05, 4.69) is 20.6 Å². The smallest absolute Gasteiger partial charge is 0.323 e. The molecule has 134 valence electrons. The first-order valence-electron chi connectivity index (χ1n) is 7.95. The van der Waals surface area contributed by atoms with Crippen LogP contribution in [0.15, 0.2) is 47.3 Å². The summed E-state index contributed by atoms with van der Waals surface area (Å²) < 4.78 is 0. The van der Waals surface area contributed by atoms with Crippen LogP contribution in [0, 0.1) is 0 Å². The van der Waals surface area contributed by atoms with Gasteiger partial charge in [0.1, 0.15) is 0 Å². The number of fused-ring (bicyclic) bond motifs is 1. The summed E-state index contributed by atoms with van der Waals surface area (Å²) in [7, 11) is 0. The second-order valence-corrected chi connectivity index (χ2v) is 6.33. The Labute approximate surface area is 153 Å². The van der Waals surface area contributed by atoms with Gasteiger partial charge in [0.2, 0.25) is 11.8 Å². The Hall–Kier alpha value is -3.06. The number of H-pyrrole nitrogens is 2. The fourth-order valence-electron chi connectivity index (χ4n) is 2.70. The van der Waals surface area contributed by atoms with E-state index < -0.39 is 6.04 Å². The Morgan fingerprint density at radius 3 is 2.46 bits per heavy atom. The predicted molar refractivity (Wildman–Crippen MR) is 100 cm³/mol. The number of imidazole rings is 1. The fourth-order valence-corrected chi connectivity index (χ4v) is 2.83. The summed E-state index contributed by atoms with van der Waals surface area (Å²) in [5.41, 5.74) is 2.28. The van der Waals surface area contributed by atoms with Crippen molar-refractivity contribution in [3.05, 3.63) is 63.5 Å². The zero-order valence-electron chi connectivity index (χ0n) is 13.9. The molecule has 0 aliphatic carbocycles. The Kier molecular flexibility index (Phi) is 5.09.